The quantitative estimate of drug-likeness (QED) is 0.404. The molecule has 1 heterocycles. The number of hydrogen-bond acceptors (Lipinski definition) is 5. The molecule has 2 aromatic rings. The van der Waals surface area contributed by atoms with Crippen LogP contribution in [0.1, 0.15) is 10.4 Å². The average Bonchev–Trinajstić information content (AvgIpc) is 2.79. The molecule has 94 valence electrons. The number of benzene rings is 1. The number of ether oxygens (including phenoxy) is 1. The number of amides is 1. The lowest BCUT2D eigenvalue weighted by Gasteiger charge is -2.09. The number of nitrogens with zero attached hydrogens (tertiary/aromatic N) is 2. The molecule has 0 aliphatic rings. The number of carbonyl (C=O) groups is 1. The first-order valence-corrected chi connectivity index (χ1v) is 5.17. The van der Waals surface area contributed by atoms with E-state index in [-0.39, 0.29) is 11.4 Å². The molecule has 0 saturated heterocycles. The minimum atomic E-state index is -0.492. The maximum absolute atomic E-state index is 11.4. The molecule has 7 nitrogen and oxygen atoms in total. The van der Waals surface area contributed by atoms with Crippen molar-refractivity contribution < 1.29 is 9.53 Å². The maximum Gasteiger partial charge on any atom is 0.270 e. The molecule has 5 N–H and O–H groups in total. The predicted molar refractivity (Wildman–Crippen MR) is 66.2 cm³/mol. The minimum Gasteiger partial charge on any atom is -0.494 e. The van der Waals surface area contributed by atoms with Gasteiger partial charge < -0.3 is 10.5 Å². The summed E-state index contributed by atoms with van der Waals surface area (Å²) in [5.74, 6) is 5.37. The number of aromatic nitrogens is 2. The standard InChI is InChI=1S/C11H13N5O2/c1-18-9-5-3-2-4-8(9)16-10(12)7(6-14-16)11(17)15-13/h2-6H,12-13H2,1H3,(H,15,17). The van der Waals surface area contributed by atoms with Crippen LogP contribution < -0.4 is 21.7 Å². The Labute approximate surface area is 103 Å². The second-order valence-electron chi connectivity index (χ2n) is 3.50. The zero-order chi connectivity index (χ0) is 13.1. The zero-order valence-electron chi connectivity index (χ0n) is 9.75. The molecule has 1 amide bonds. The van der Waals surface area contributed by atoms with Gasteiger partial charge in [-0.3, -0.25) is 10.2 Å². The van der Waals surface area contributed by atoms with Crippen LogP contribution in [-0.4, -0.2) is 22.8 Å². The number of para-hydroxylation sites is 2. The van der Waals surface area contributed by atoms with Crippen LogP contribution in [0.25, 0.3) is 5.69 Å². The summed E-state index contributed by atoms with van der Waals surface area (Å²) in [7, 11) is 1.55. The second-order valence-corrected chi connectivity index (χ2v) is 3.50. The smallest absolute Gasteiger partial charge is 0.270 e. The maximum atomic E-state index is 11.4. The van der Waals surface area contributed by atoms with Gasteiger partial charge in [-0.25, -0.2) is 10.5 Å². The Balaban J connectivity index is 2.52. The van der Waals surface area contributed by atoms with Gasteiger partial charge in [-0.1, -0.05) is 12.1 Å². The molecule has 7 heteroatoms. The first-order chi connectivity index (χ1) is 8.69. The summed E-state index contributed by atoms with van der Waals surface area (Å²) in [5, 5.41) is 4.06. The van der Waals surface area contributed by atoms with Gasteiger partial charge in [-0.15, -0.1) is 0 Å². The van der Waals surface area contributed by atoms with Crippen LogP contribution in [0, 0.1) is 0 Å². The van der Waals surface area contributed by atoms with E-state index >= 15 is 0 Å². The van der Waals surface area contributed by atoms with Gasteiger partial charge in [-0.05, 0) is 12.1 Å². The predicted octanol–water partition coefficient (Wildman–Crippen LogP) is 0.0666. The Morgan fingerprint density at radius 2 is 2.17 bits per heavy atom. The molecular weight excluding hydrogens is 234 g/mol. The number of carbonyl (C=O) groups excluding carboxylic acids is 1. The van der Waals surface area contributed by atoms with Crippen molar-refractivity contribution in [1.82, 2.24) is 15.2 Å². The molecule has 0 spiro atoms. The van der Waals surface area contributed by atoms with Crippen molar-refractivity contribution in [1.29, 1.82) is 0 Å². The summed E-state index contributed by atoms with van der Waals surface area (Å²) >= 11 is 0. The second kappa shape index (κ2) is 4.76. The van der Waals surface area contributed by atoms with Gasteiger partial charge in [0, 0.05) is 0 Å². The zero-order valence-corrected chi connectivity index (χ0v) is 9.75. The topological polar surface area (TPSA) is 108 Å². The van der Waals surface area contributed by atoms with Gasteiger partial charge >= 0.3 is 0 Å². The van der Waals surface area contributed by atoms with E-state index in [2.05, 4.69) is 5.10 Å². The molecule has 0 unspecified atom stereocenters. The van der Waals surface area contributed by atoms with Crippen LogP contribution in [0.3, 0.4) is 0 Å². The molecule has 2 rings (SSSR count). The van der Waals surface area contributed by atoms with Crippen LogP contribution in [0.2, 0.25) is 0 Å². The third kappa shape index (κ3) is 1.87. The Morgan fingerprint density at radius 1 is 1.44 bits per heavy atom. The molecule has 0 atom stereocenters. The van der Waals surface area contributed by atoms with E-state index < -0.39 is 5.91 Å². The fourth-order valence-corrected chi connectivity index (χ4v) is 1.61. The van der Waals surface area contributed by atoms with Gasteiger partial charge in [-0.2, -0.15) is 5.10 Å². The number of rotatable bonds is 3. The minimum absolute atomic E-state index is 0.197. The van der Waals surface area contributed by atoms with Crippen molar-refractivity contribution in [3.05, 3.63) is 36.0 Å². The van der Waals surface area contributed by atoms with E-state index in [0.29, 0.717) is 11.4 Å². The van der Waals surface area contributed by atoms with Crippen molar-refractivity contribution in [3.8, 4) is 11.4 Å². The Kier molecular flexibility index (Phi) is 3.16. The molecule has 0 aliphatic heterocycles. The molecule has 0 saturated carbocycles. The summed E-state index contributed by atoms with van der Waals surface area (Å²) in [6.45, 7) is 0. The summed E-state index contributed by atoms with van der Waals surface area (Å²) in [4.78, 5) is 11.4. The van der Waals surface area contributed by atoms with Crippen LogP contribution >= 0.6 is 0 Å². The number of nitrogens with two attached hydrogens (primary N) is 2. The normalized spacial score (nSPS) is 10.1. The van der Waals surface area contributed by atoms with Gasteiger partial charge in [0.2, 0.25) is 0 Å². The molecule has 1 aromatic carbocycles. The molecule has 0 radical (unpaired) electrons. The SMILES string of the molecule is COc1ccccc1-n1ncc(C(=O)NN)c1N. The first-order valence-electron chi connectivity index (χ1n) is 5.17. The first kappa shape index (κ1) is 11.9. The summed E-state index contributed by atoms with van der Waals surface area (Å²) in [6, 6.07) is 7.21. The van der Waals surface area contributed by atoms with E-state index in [9.17, 15) is 4.79 Å². The Morgan fingerprint density at radius 3 is 2.83 bits per heavy atom. The Hall–Kier alpha value is -2.54. The highest BCUT2D eigenvalue weighted by Gasteiger charge is 2.16. The molecule has 0 bridgehead atoms. The van der Waals surface area contributed by atoms with Crippen molar-refractivity contribution in [2.45, 2.75) is 0 Å². The van der Waals surface area contributed by atoms with E-state index in [4.69, 9.17) is 16.3 Å². The van der Waals surface area contributed by atoms with E-state index in [1.165, 1.54) is 10.9 Å². The number of methoxy groups -OCH3 is 1. The number of hydrazine groups is 1. The van der Waals surface area contributed by atoms with Gasteiger partial charge in [0.25, 0.3) is 5.91 Å². The van der Waals surface area contributed by atoms with Crippen molar-refractivity contribution in [3.63, 3.8) is 0 Å². The van der Waals surface area contributed by atoms with Gasteiger partial charge in [0.05, 0.1) is 13.3 Å². The van der Waals surface area contributed by atoms with Crippen molar-refractivity contribution in [2.24, 2.45) is 5.84 Å². The monoisotopic (exact) mass is 247 g/mol. The highest BCUT2D eigenvalue weighted by molar-refractivity contribution is 5.98. The summed E-state index contributed by atoms with van der Waals surface area (Å²) < 4.78 is 6.63. The third-order valence-electron chi connectivity index (χ3n) is 2.50. The average molecular weight is 247 g/mol. The number of nitrogens with one attached hydrogen (secondary N) is 1. The lowest BCUT2D eigenvalue weighted by atomic mass is 10.3. The molecule has 1 aromatic heterocycles. The van der Waals surface area contributed by atoms with E-state index in [1.807, 2.05) is 17.6 Å². The van der Waals surface area contributed by atoms with Crippen molar-refractivity contribution >= 4 is 11.7 Å². The molecule has 0 fully saturated rings. The lowest BCUT2D eigenvalue weighted by Crippen LogP contribution is -2.30. The highest BCUT2D eigenvalue weighted by Crippen LogP contribution is 2.25. The third-order valence-corrected chi connectivity index (χ3v) is 2.50. The number of anilines is 1. The summed E-state index contributed by atoms with van der Waals surface area (Å²) in [6.07, 6.45) is 1.35. The largest absolute Gasteiger partial charge is 0.494 e. The fourth-order valence-electron chi connectivity index (χ4n) is 1.61. The van der Waals surface area contributed by atoms with E-state index in [1.54, 1.807) is 19.2 Å². The molecule has 18 heavy (non-hydrogen) atoms. The van der Waals surface area contributed by atoms with E-state index in [0.717, 1.165) is 0 Å². The fraction of sp³-hybridized carbons (Fsp3) is 0.0909. The lowest BCUT2D eigenvalue weighted by molar-refractivity contribution is 0.0954. The van der Waals surface area contributed by atoms with Crippen molar-refractivity contribution in [2.75, 3.05) is 12.8 Å². The number of nitrogen functional groups attached to an aromatic ring is 2. The summed E-state index contributed by atoms with van der Waals surface area (Å²) in [5.41, 5.74) is 8.73. The van der Waals surface area contributed by atoms with Crippen LogP contribution in [0.4, 0.5) is 5.82 Å². The van der Waals surface area contributed by atoms with Gasteiger partial charge in [0.15, 0.2) is 0 Å². The highest BCUT2D eigenvalue weighted by atomic mass is 16.5. The molecular formula is C11H13N5O2. The van der Waals surface area contributed by atoms with Gasteiger partial charge in [0.1, 0.15) is 22.8 Å². The Bertz CT molecular complexity index is 579. The molecule has 0 aliphatic carbocycles. The number of hydrogen-bond donors (Lipinski definition) is 3. The van der Waals surface area contributed by atoms with Crippen LogP contribution in [0.15, 0.2) is 30.5 Å². The van der Waals surface area contributed by atoms with Crippen LogP contribution in [-0.2, 0) is 0 Å². The van der Waals surface area contributed by atoms with Crippen LogP contribution in [0.5, 0.6) is 5.75 Å².